The predicted molar refractivity (Wildman–Crippen MR) is 28.9 cm³/mol. The largest absolute Gasteiger partial charge is 0.393 e. The van der Waals surface area contributed by atoms with E-state index in [0.717, 1.165) is 19.3 Å². The van der Waals surface area contributed by atoms with Gasteiger partial charge in [0.1, 0.15) is 0 Å². The number of rotatable bonds is 0. The highest BCUT2D eigenvalue weighted by Crippen LogP contribution is 2.17. The van der Waals surface area contributed by atoms with Crippen molar-refractivity contribution in [2.75, 3.05) is 0 Å². The Bertz CT molecular complexity index is 64.9. The summed E-state index contributed by atoms with van der Waals surface area (Å²) in [6.45, 7) is 0. The highest BCUT2D eigenvalue weighted by molar-refractivity contribution is 4.69. The number of aliphatic hydroxyl groups excluding tert-OH is 1. The standard InChI is InChI=1S/C6H11O2/c7-5-2-1-3-6(8)4-5/h5-7H,1-4H2. The van der Waals surface area contributed by atoms with E-state index in [1.54, 1.807) is 0 Å². The van der Waals surface area contributed by atoms with E-state index in [1.165, 1.54) is 0 Å². The molecule has 0 saturated heterocycles. The van der Waals surface area contributed by atoms with Gasteiger partial charge in [-0.05, 0) is 19.3 Å². The summed E-state index contributed by atoms with van der Waals surface area (Å²) in [5.41, 5.74) is 0. The minimum Gasteiger partial charge on any atom is -0.393 e. The molecule has 0 bridgehead atoms. The van der Waals surface area contributed by atoms with E-state index in [9.17, 15) is 5.11 Å². The van der Waals surface area contributed by atoms with Gasteiger partial charge in [0.05, 0.1) is 12.2 Å². The second-order valence-corrected chi connectivity index (χ2v) is 2.44. The maximum atomic E-state index is 10.6. The highest BCUT2D eigenvalue weighted by atomic mass is 16.3. The molecular weight excluding hydrogens is 104 g/mol. The van der Waals surface area contributed by atoms with Gasteiger partial charge in [-0.25, -0.2) is 5.11 Å². The van der Waals surface area contributed by atoms with Crippen LogP contribution in [0.25, 0.3) is 0 Å². The molecule has 1 aliphatic carbocycles. The Balaban J connectivity index is 2.23. The molecule has 0 heterocycles. The lowest BCUT2D eigenvalue weighted by Crippen LogP contribution is -2.21. The number of aliphatic hydroxyl groups is 1. The fraction of sp³-hybridized carbons (Fsp3) is 1.00. The van der Waals surface area contributed by atoms with Crippen LogP contribution in [0, 0.1) is 0 Å². The Labute approximate surface area is 49.1 Å². The normalized spacial score (nSPS) is 39.8. The summed E-state index contributed by atoms with van der Waals surface area (Å²) in [7, 11) is 0. The van der Waals surface area contributed by atoms with Gasteiger partial charge in [0.15, 0.2) is 0 Å². The number of hydrogen-bond acceptors (Lipinski definition) is 1. The second kappa shape index (κ2) is 2.46. The molecule has 0 aliphatic heterocycles. The molecule has 2 heteroatoms. The Morgan fingerprint density at radius 3 is 2.50 bits per heavy atom. The molecule has 1 fully saturated rings. The van der Waals surface area contributed by atoms with E-state index < -0.39 is 6.10 Å². The smallest absolute Gasteiger partial charge is 0.0954 e. The molecule has 0 aromatic rings. The summed E-state index contributed by atoms with van der Waals surface area (Å²) in [5, 5.41) is 19.5. The average molecular weight is 115 g/mol. The number of hydrogen-bond donors (Lipinski definition) is 1. The molecule has 1 aliphatic rings. The van der Waals surface area contributed by atoms with Crippen molar-refractivity contribution in [1.29, 1.82) is 0 Å². The highest BCUT2D eigenvalue weighted by Gasteiger charge is 2.18. The van der Waals surface area contributed by atoms with Crippen LogP contribution in [-0.4, -0.2) is 17.3 Å². The SMILES string of the molecule is [O]C1CCCC(O)C1. The van der Waals surface area contributed by atoms with Crippen LogP contribution in [0.15, 0.2) is 0 Å². The van der Waals surface area contributed by atoms with E-state index in [4.69, 9.17) is 5.11 Å². The van der Waals surface area contributed by atoms with Crippen molar-refractivity contribution in [2.45, 2.75) is 37.9 Å². The molecule has 0 aromatic carbocycles. The summed E-state index contributed by atoms with van der Waals surface area (Å²) >= 11 is 0. The molecule has 2 atom stereocenters. The lowest BCUT2D eigenvalue weighted by Gasteiger charge is -2.19. The van der Waals surface area contributed by atoms with Crippen molar-refractivity contribution >= 4 is 0 Å². The van der Waals surface area contributed by atoms with Crippen LogP contribution in [0.3, 0.4) is 0 Å². The fourth-order valence-electron chi connectivity index (χ4n) is 1.12. The van der Waals surface area contributed by atoms with Gasteiger partial charge in [0.25, 0.3) is 0 Å². The molecule has 0 spiro atoms. The predicted octanol–water partition coefficient (Wildman–Crippen LogP) is 0.720. The van der Waals surface area contributed by atoms with Gasteiger partial charge in [-0.1, -0.05) is 0 Å². The Hall–Kier alpha value is -0.0800. The maximum Gasteiger partial charge on any atom is 0.0954 e. The lowest BCUT2D eigenvalue weighted by molar-refractivity contribution is -0.0000406. The minimum atomic E-state index is -0.487. The van der Waals surface area contributed by atoms with Crippen molar-refractivity contribution in [3.63, 3.8) is 0 Å². The van der Waals surface area contributed by atoms with Gasteiger partial charge < -0.3 is 5.11 Å². The maximum absolute atomic E-state index is 10.6. The van der Waals surface area contributed by atoms with Crippen LogP contribution >= 0.6 is 0 Å². The van der Waals surface area contributed by atoms with E-state index in [2.05, 4.69) is 0 Å². The van der Waals surface area contributed by atoms with Gasteiger partial charge in [0, 0.05) is 6.42 Å². The molecule has 1 N–H and O–H groups in total. The van der Waals surface area contributed by atoms with Crippen LogP contribution in [0.4, 0.5) is 0 Å². The molecule has 8 heavy (non-hydrogen) atoms. The zero-order valence-electron chi connectivity index (χ0n) is 4.84. The molecule has 1 rings (SSSR count). The summed E-state index contributed by atoms with van der Waals surface area (Å²) in [5.74, 6) is 0. The first-order valence-corrected chi connectivity index (χ1v) is 3.13. The third kappa shape index (κ3) is 1.46. The quantitative estimate of drug-likeness (QED) is 0.496. The average Bonchev–Trinajstić information content (AvgIpc) is 1.64. The van der Waals surface area contributed by atoms with Crippen molar-refractivity contribution in [1.82, 2.24) is 0 Å². The molecule has 47 valence electrons. The van der Waals surface area contributed by atoms with Crippen LogP contribution in [-0.2, 0) is 5.11 Å². The molecule has 2 nitrogen and oxygen atoms in total. The Kier molecular flexibility index (Phi) is 1.86. The third-order valence-corrected chi connectivity index (χ3v) is 1.60. The van der Waals surface area contributed by atoms with Crippen molar-refractivity contribution in [3.8, 4) is 0 Å². The Morgan fingerprint density at radius 1 is 1.38 bits per heavy atom. The van der Waals surface area contributed by atoms with E-state index in [1.807, 2.05) is 0 Å². The first-order valence-electron chi connectivity index (χ1n) is 3.13. The molecule has 0 aromatic heterocycles. The summed E-state index contributed by atoms with van der Waals surface area (Å²) in [6.07, 6.45) is 2.19. The molecular formula is C6H11O2. The van der Waals surface area contributed by atoms with Crippen molar-refractivity contribution in [2.24, 2.45) is 0 Å². The summed E-state index contributed by atoms with van der Waals surface area (Å²) in [4.78, 5) is 0. The zero-order valence-corrected chi connectivity index (χ0v) is 4.84. The van der Waals surface area contributed by atoms with Gasteiger partial charge in [-0.2, -0.15) is 0 Å². The van der Waals surface area contributed by atoms with E-state index in [0.29, 0.717) is 6.42 Å². The van der Waals surface area contributed by atoms with Crippen molar-refractivity contribution in [3.05, 3.63) is 0 Å². The van der Waals surface area contributed by atoms with Crippen LogP contribution < -0.4 is 0 Å². The van der Waals surface area contributed by atoms with Crippen LogP contribution in [0.1, 0.15) is 25.7 Å². The van der Waals surface area contributed by atoms with E-state index >= 15 is 0 Å². The van der Waals surface area contributed by atoms with Gasteiger partial charge in [0.2, 0.25) is 0 Å². The summed E-state index contributed by atoms with van der Waals surface area (Å²) in [6, 6.07) is 0. The van der Waals surface area contributed by atoms with Gasteiger partial charge in [-0.3, -0.25) is 0 Å². The van der Waals surface area contributed by atoms with Gasteiger partial charge >= 0.3 is 0 Å². The molecule has 1 radical (unpaired) electrons. The zero-order chi connectivity index (χ0) is 5.98. The van der Waals surface area contributed by atoms with Gasteiger partial charge in [-0.15, -0.1) is 0 Å². The second-order valence-electron chi connectivity index (χ2n) is 2.44. The Morgan fingerprint density at radius 2 is 2.12 bits per heavy atom. The first kappa shape index (κ1) is 6.05. The lowest BCUT2D eigenvalue weighted by atomic mass is 9.95. The van der Waals surface area contributed by atoms with Crippen LogP contribution in [0.2, 0.25) is 0 Å². The fourth-order valence-corrected chi connectivity index (χ4v) is 1.12. The molecule has 1 saturated carbocycles. The minimum absolute atomic E-state index is 0.300. The molecule has 2 unspecified atom stereocenters. The monoisotopic (exact) mass is 115 g/mol. The third-order valence-electron chi connectivity index (χ3n) is 1.60. The first-order chi connectivity index (χ1) is 3.79. The van der Waals surface area contributed by atoms with Crippen molar-refractivity contribution < 1.29 is 10.2 Å². The topological polar surface area (TPSA) is 40.1 Å². The molecule has 0 amide bonds. The van der Waals surface area contributed by atoms with Crippen LogP contribution in [0.5, 0.6) is 0 Å². The van der Waals surface area contributed by atoms with E-state index in [-0.39, 0.29) is 6.10 Å². The summed E-state index contributed by atoms with van der Waals surface area (Å²) < 4.78 is 0.